The molecule has 4 heteroatoms. The van der Waals surface area contributed by atoms with Crippen molar-refractivity contribution in [2.24, 2.45) is 0 Å². The predicted molar refractivity (Wildman–Crippen MR) is 82.3 cm³/mol. The van der Waals surface area contributed by atoms with Crippen molar-refractivity contribution < 1.29 is 0 Å². The van der Waals surface area contributed by atoms with E-state index >= 15 is 0 Å². The molecule has 0 saturated heterocycles. The Morgan fingerprint density at radius 3 is 2.42 bits per heavy atom. The molecule has 0 bridgehead atoms. The number of rotatable bonds is 5. The Balaban J connectivity index is 2.01. The summed E-state index contributed by atoms with van der Waals surface area (Å²) in [6.45, 7) is 6.50. The fraction of sp³-hybridized carbons (Fsp3) is 0.400. The van der Waals surface area contributed by atoms with Crippen LogP contribution in [-0.2, 0) is 6.42 Å². The summed E-state index contributed by atoms with van der Waals surface area (Å²) in [7, 11) is 0. The van der Waals surface area contributed by atoms with Gasteiger partial charge in [0.2, 0.25) is 0 Å². The quantitative estimate of drug-likeness (QED) is 0.874. The van der Waals surface area contributed by atoms with Crippen LogP contribution in [0.5, 0.6) is 0 Å². The van der Waals surface area contributed by atoms with E-state index in [0.29, 0.717) is 11.2 Å². The molecule has 0 aliphatic heterocycles. The number of aryl methyl sites for hydroxylation is 1. The summed E-state index contributed by atoms with van der Waals surface area (Å²) >= 11 is 1.54. The molecule has 1 heterocycles. The van der Waals surface area contributed by atoms with Crippen LogP contribution >= 0.6 is 11.3 Å². The minimum absolute atomic E-state index is 0.260. The van der Waals surface area contributed by atoms with Gasteiger partial charge in [0, 0.05) is 23.2 Å². The highest BCUT2D eigenvalue weighted by Gasteiger charge is 2.13. The molecule has 0 amide bonds. The van der Waals surface area contributed by atoms with Gasteiger partial charge in [0.1, 0.15) is 0 Å². The summed E-state index contributed by atoms with van der Waals surface area (Å²) in [5.41, 5.74) is 8.35. The number of nitrogen functional groups attached to an aromatic ring is 1. The molecule has 3 N–H and O–H groups in total. The van der Waals surface area contributed by atoms with Crippen molar-refractivity contribution in [3.8, 4) is 0 Å². The molecule has 0 aliphatic carbocycles. The number of benzene rings is 1. The molecule has 2 unspecified atom stereocenters. The van der Waals surface area contributed by atoms with Crippen molar-refractivity contribution in [2.75, 3.05) is 5.73 Å². The van der Waals surface area contributed by atoms with Crippen molar-refractivity contribution in [3.63, 3.8) is 0 Å². The third-order valence-corrected chi connectivity index (χ3v) is 4.37. The zero-order chi connectivity index (χ0) is 13.8. The highest BCUT2D eigenvalue weighted by molar-refractivity contribution is 7.15. The number of aromatic nitrogens is 1. The molecule has 19 heavy (non-hydrogen) atoms. The average molecular weight is 275 g/mol. The first-order chi connectivity index (χ1) is 9.10. The second kappa shape index (κ2) is 6.17. The van der Waals surface area contributed by atoms with Crippen LogP contribution in [0.25, 0.3) is 0 Å². The Kier molecular flexibility index (Phi) is 4.56. The van der Waals surface area contributed by atoms with Gasteiger partial charge in [0.05, 0.1) is 0 Å². The SMILES string of the molecule is CCc1ccc(C(C)NC(C)c2cnc(N)s2)cc1. The minimum Gasteiger partial charge on any atom is -0.375 e. The number of thiazole rings is 1. The molecular formula is C15H21N3S. The molecule has 0 spiro atoms. The maximum Gasteiger partial charge on any atom is 0.180 e. The summed E-state index contributed by atoms with van der Waals surface area (Å²) in [6, 6.07) is 9.36. The highest BCUT2D eigenvalue weighted by Crippen LogP contribution is 2.25. The molecular weight excluding hydrogens is 254 g/mol. The van der Waals surface area contributed by atoms with Crippen molar-refractivity contribution >= 4 is 16.5 Å². The van der Waals surface area contributed by atoms with E-state index in [4.69, 9.17) is 5.73 Å². The van der Waals surface area contributed by atoms with Crippen LogP contribution in [0.3, 0.4) is 0 Å². The molecule has 2 rings (SSSR count). The Hall–Kier alpha value is -1.39. The van der Waals surface area contributed by atoms with Crippen molar-refractivity contribution in [3.05, 3.63) is 46.5 Å². The summed E-state index contributed by atoms with van der Waals surface area (Å²) in [4.78, 5) is 5.27. The number of nitrogens with one attached hydrogen (secondary N) is 1. The van der Waals surface area contributed by atoms with Crippen LogP contribution < -0.4 is 11.1 Å². The lowest BCUT2D eigenvalue weighted by Crippen LogP contribution is -2.21. The molecule has 1 aromatic carbocycles. The number of hydrogen-bond acceptors (Lipinski definition) is 4. The van der Waals surface area contributed by atoms with E-state index in [9.17, 15) is 0 Å². The van der Waals surface area contributed by atoms with Gasteiger partial charge in [-0.25, -0.2) is 4.98 Å². The first kappa shape index (κ1) is 14.0. The molecule has 3 nitrogen and oxygen atoms in total. The van der Waals surface area contributed by atoms with Crippen molar-refractivity contribution in [1.82, 2.24) is 10.3 Å². The minimum atomic E-state index is 0.260. The monoisotopic (exact) mass is 275 g/mol. The second-order valence-electron chi connectivity index (χ2n) is 4.81. The lowest BCUT2D eigenvalue weighted by Gasteiger charge is -2.19. The summed E-state index contributed by atoms with van der Waals surface area (Å²) in [6.07, 6.45) is 2.93. The van der Waals surface area contributed by atoms with E-state index in [1.54, 1.807) is 11.3 Å². The predicted octanol–water partition coefficient (Wildman–Crippen LogP) is 3.70. The van der Waals surface area contributed by atoms with Crippen LogP contribution in [0, 0.1) is 0 Å². The van der Waals surface area contributed by atoms with Gasteiger partial charge in [-0.3, -0.25) is 0 Å². The standard InChI is InChI=1S/C15H21N3S/c1-4-12-5-7-13(8-6-12)10(2)18-11(3)14-9-17-15(16)19-14/h5-11,18H,4H2,1-3H3,(H2,16,17). The van der Waals surface area contributed by atoms with E-state index in [0.717, 1.165) is 6.42 Å². The highest BCUT2D eigenvalue weighted by atomic mass is 32.1. The fourth-order valence-electron chi connectivity index (χ4n) is 2.10. The van der Waals surface area contributed by atoms with Gasteiger partial charge in [-0.05, 0) is 31.4 Å². The van der Waals surface area contributed by atoms with Gasteiger partial charge >= 0.3 is 0 Å². The van der Waals surface area contributed by atoms with E-state index in [1.807, 2.05) is 6.20 Å². The molecule has 2 atom stereocenters. The maximum absolute atomic E-state index is 5.67. The van der Waals surface area contributed by atoms with Crippen LogP contribution in [0.15, 0.2) is 30.5 Å². The normalized spacial score (nSPS) is 14.3. The molecule has 2 aromatic rings. The molecule has 0 saturated carbocycles. The lowest BCUT2D eigenvalue weighted by molar-refractivity contribution is 0.499. The molecule has 102 valence electrons. The van der Waals surface area contributed by atoms with Gasteiger partial charge in [-0.1, -0.05) is 31.2 Å². The average Bonchev–Trinajstić information content (AvgIpc) is 2.85. The zero-order valence-corrected chi connectivity index (χ0v) is 12.5. The van der Waals surface area contributed by atoms with E-state index in [-0.39, 0.29) is 6.04 Å². The topological polar surface area (TPSA) is 50.9 Å². The fourth-order valence-corrected chi connectivity index (χ4v) is 2.79. The van der Waals surface area contributed by atoms with Crippen molar-refractivity contribution in [1.29, 1.82) is 0 Å². The maximum atomic E-state index is 5.67. The van der Waals surface area contributed by atoms with Gasteiger partial charge in [0.15, 0.2) is 5.13 Å². The lowest BCUT2D eigenvalue weighted by atomic mass is 10.0. The third-order valence-electron chi connectivity index (χ3n) is 3.36. The first-order valence-electron chi connectivity index (χ1n) is 6.66. The van der Waals surface area contributed by atoms with E-state index < -0.39 is 0 Å². The van der Waals surface area contributed by atoms with Gasteiger partial charge in [0.25, 0.3) is 0 Å². The van der Waals surface area contributed by atoms with Crippen LogP contribution in [0.4, 0.5) is 5.13 Å². The molecule has 0 aliphatic rings. The van der Waals surface area contributed by atoms with Crippen LogP contribution in [0.1, 0.15) is 48.9 Å². The molecule has 0 radical (unpaired) electrons. The molecule has 0 fully saturated rings. The Morgan fingerprint density at radius 2 is 1.89 bits per heavy atom. The second-order valence-corrected chi connectivity index (χ2v) is 5.90. The Labute approximate surface area is 118 Å². The third kappa shape index (κ3) is 3.55. The molecule has 1 aromatic heterocycles. The Morgan fingerprint density at radius 1 is 1.21 bits per heavy atom. The van der Waals surface area contributed by atoms with E-state index in [2.05, 4.69) is 55.3 Å². The van der Waals surface area contributed by atoms with Crippen LogP contribution in [-0.4, -0.2) is 4.98 Å². The summed E-state index contributed by atoms with van der Waals surface area (Å²) < 4.78 is 0. The van der Waals surface area contributed by atoms with Gasteiger partial charge in [-0.2, -0.15) is 0 Å². The van der Waals surface area contributed by atoms with Gasteiger partial charge < -0.3 is 11.1 Å². The van der Waals surface area contributed by atoms with Crippen LogP contribution in [0.2, 0.25) is 0 Å². The first-order valence-corrected chi connectivity index (χ1v) is 7.48. The smallest absolute Gasteiger partial charge is 0.180 e. The van der Waals surface area contributed by atoms with Gasteiger partial charge in [-0.15, -0.1) is 11.3 Å². The number of nitrogens with zero attached hydrogens (tertiary/aromatic N) is 1. The number of hydrogen-bond donors (Lipinski definition) is 2. The zero-order valence-electron chi connectivity index (χ0n) is 11.7. The largest absolute Gasteiger partial charge is 0.375 e. The van der Waals surface area contributed by atoms with Crippen molar-refractivity contribution in [2.45, 2.75) is 39.3 Å². The van der Waals surface area contributed by atoms with E-state index in [1.165, 1.54) is 16.0 Å². The number of nitrogens with two attached hydrogens (primary N) is 1. The Bertz CT molecular complexity index is 518. The summed E-state index contributed by atoms with van der Waals surface area (Å²) in [5.74, 6) is 0. The number of anilines is 1. The summed E-state index contributed by atoms with van der Waals surface area (Å²) in [5, 5.41) is 4.21.